The molecule has 1 aliphatic carbocycles. The molecule has 28 heavy (non-hydrogen) atoms. The first kappa shape index (κ1) is 20.9. The summed E-state index contributed by atoms with van der Waals surface area (Å²) in [5.74, 6) is 1.30. The third kappa shape index (κ3) is 5.37. The Hall–Kier alpha value is -1.82. The number of aromatic nitrogens is 3. The Morgan fingerprint density at radius 2 is 1.75 bits per heavy atom. The summed E-state index contributed by atoms with van der Waals surface area (Å²) in [7, 11) is 1.96. The molecule has 1 aromatic carbocycles. The lowest BCUT2D eigenvalue weighted by atomic mass is 9.87. The SMILES string of the molecule is Cn1c(SCC(=O)NC2CCCCCC2)nnc1-c1ccc(C(C)(C)C)cc1. The van der Waals surface area contributed by atoms with E-state index in [1.165, 1.54) is 43.0 Å². The molecule has 2 aromatic rings. The van der Waals surface area contributed by atoms with Gasteiger partial charge in [0.05, 0.1) is 5.75 Å². The highest BCUT2D eigenvalue weighted by Gasteiger charge is 2.18. The van der Waals surface area contributed by atoms with E-state index in [1.807, 2.05) is 11.6 Å². The molecular formula is C22H32N4OS. The van der Waals surface area contributed by atoms with Crippen molar-refractivity contribution in [2.75, 3.05) is 5.75 Å². The van der Waals surface area contributed by atoms with Gasteiger partial charge >= 0.3 is 0 Å². The van der Waals surface area contributed by atoms with Gasteiger partial charge in [0.2, 0.25) is 5.91 Å². The first-order valence-corrected chi connectivity index (χ1v) is 11.3. The minimum Gasteiger partial charge on any atom is -0.353 e. The zero-order valence-corrected chi connectivity index (χ0v) is 18.3. The van der Waals surface area contributed by atoms with Crippen molar-refractivity contribution in [2.45, 2.75) is 75.9 Å². The van der Waals surface area contributed by atoms with E-state index >= 15 is 0 Å². The average Bonchev–Trinajstić information content (AvgIpc) is 2.84. The largest absolute Gasteiger partial charge is 0.353 e. The fourth-order valence-electron chi connectivity index (χ4n) is 3.63. The van der Waals surface area contributed by atoms with Gasteiger partial charge in [-0.05, 0) is 23.8 Å². The number of benzene rings is 1. The second-order valence-corrected chi connectivity index (χ2v) is 9.68. The summed E-state index contributed by atoms with van der Waals surface area (Å²) in [5.41, 5.74) is 2.46. The Labute approximate surface area is 172 Å². The third-order valence-corrected chi connectivity index (χ3v) is 6.42. The van der Waals surface area contributed by atoms with Crippen molar-refractivity contribution < 1.29 is 4.79 Å². The van der Waals surface area contributed by atoms with Crippen LogP contribution in [0.15, 0.2) is 29.4 Å². The Kier molecular flexibility index (Phi) is 6.81. The van der Waals surface area contributed by atoms with E-state index in [0.29, 0.717) is 11.8 Å². The number of thioether (sulfide) groups is 1. The van der Waals surface area contributed by atoms with Crippen molar-refractivity contribution in [1.29, 1.82) is 0 Å². The number of nitrogens with zero attached hydrogens (tertiary/aromatic N) is 3. The number of nitrogens with one attached hydrogen (secondary N) is 1. The molecule has 0 bridgehead atoms. The topological polar surface area (TPSA) is 59.8 Å². The monoisotopic (exact) mass is 400 g/mol. The molecule has 0 spiro atoms. The molecule has 5 nitrogen and oxygen atoms in total. The van der Waals surface area contributed by atoms with E-state index in [9.17, 15) is 4.79 Å². The smallest absolute Gasteiger partial charge is 0.230 e. The molecule has 0 radical (unpaired) electrons. The van der Waals surface area contributed by atoms with E-state index in [2.05, 4.69) is 60.6 Å². The molecule has 3 rings (SSSR count). The van der Waals surface area contributed by atoms with Gasteiger partial charge in [0.15, 0.2) is 11.0 Å². The average molecular weight is 401 g/mol. The van der Waals surface area contributed by atoms with Gasteiger partial charge in [-0.1, -0.05) is 82.5 Å². The first-order valence-electron chi connectivity index (χ1n) is 10.3. The summed E-state index contributed by atoms with van der Waals surface area (Å²) in [6, 6.07) is 8.83. The van der Waals surface area contributed by atoms with Crippen LogP contribution >= 0.6 is 11.8 Å². The predicted octanol–water partition coefficient (Wildman–Crippen LogP) is 4.71. The Bertz CT molecular complexity index is 784. The molecule has 1 fully saturated rings. The highest BCUT2D eigenvalue weighted by atomic mass is 32.2. The quantitative estimate of drug-likeness (QED) is 0.583. The van der Waals surface area contributed by atoms with E-state index in [4.69, 9.17) is 0 Å². The summed E-state index contributed by atoms with van der Waals surface area (Å²) in [6.45, 7) is 6.62. The van der Waals surface area contributed by atoms with Gasteiger partial charge in [0.25, 0.3) is 0 Å². The highest BCUT2D eigenvalue weighted by Crippen LogP contribution is 2.27. The number of rotatable bonds is 5. The van der Waals surface area contributed by atoms with Crippen LogP contribution in [0.3, 0.4) is 0 Å². The molecule has 1 saturated carbocycles. The number of carbonyl (C=O) groups excluding carboxylic acids is 1. The second kappa shape index (κ2) is 9.12. The normalized spacial score (nSPS) is 16.0. The lowest BCUT2D eigenvalue weighted by Gasteiger charge is -2.19. The zero-order chi connectivity index (χ0) is 20.1. The standard InChI is InChI=1S/C22H32N4OS/c1-22(2,3)17-13-11-16(12-14-17)20-24-25-21(26(20)4)28-15-19(27)23-18-9-7-5-6-8-10-18/h11-14,18H,5-10,15H2,1-4H3,(H,23,27). The van der Waals surface area contributed by atoms with Gasteiger partial charge < -0.3 is 9.88 Å². The summed E-state index contributed by atoms with van der Waals surface area (Å²) >= 11 is 1.45. The Balaban J connectivity index is 1.59. The van der Waals surface area contributed by atoms with Crippen molar-refractivity contribution in [1.82, 2.24) is 20.1 Å². The van der Waals surface area contributed by atoms with Gasteiger partial charge in [0, 0.05) is 18.7 Å². The van der Waals surface area contributed by atoms with Gasteiger partial charge in [-0.25, -0.2) is 0 Å². The molecule has 6 heteroatoms. The van der Waals surface area contributed by atoms with Crippen molar-refractivity contribution >= 4 is 17.7 Å². The highest BCUT2D eigenvalue weighted by molar-refractivity contribution is 7.99. The fraction of sp³-hybridized carbons (Fsp3) is 0.591. The molecule has 1 N–H and O–H groups in total. The van der Waals surface area contributed by atoms with Crippen LogP contribution in [-0.2, 0) is 17.3 Å². The summed E-state index contributed by atoms with van der Waals surface area (Å²) < 4.78 is 1.97. The maximum absolute atomic E-state index is 12.3. The molecular weight excluding hydrogens is 368 g/mol. The molecule has 152 valence electrons. The maximum Gasteiger partial charge on any atom is 0.230 e. The van der Waals surface area contributed by atoms with Crippen molar-refractivity contribution in [3.05, 3.63) is 29.8 Å². The van der Waals surface area contributed by atoms with Gasteiger partial charge in [-0.15, -0.1) is 10.2 Å². The van der Waals surface area contributed by atoms with Crippen LogP contribution in [0.2, 0.25) is 0 Å². The van der Waals surface area contributed by atoms with E-state index in [1.54, 1.807) is 0 Å². The predicted molar refractivity (Wildman–Crippen MR) is 115 cm³/mol. The van der Waals surface area contributed by atoms with Crippen LogP contribution in [0.4, 0.5) is 0 Å². The van der Waals surface area contributed by atoms with Crippen LogP contribution in [0, 0.1) is 0 Å². The van der Waals surface area contributed by atoms with Gasteiger partial charge in [-0.2, -0.15) is 0 Å². The van der Waals surface area contributed by atoms with E-state index in [-0.39, 0.29) is 11.3 Å². The summed E-state index contributed by atoms with van der Waals surface area (Å²) in [5, 5.41) is 12.6. The second-order valence-electron chi connectivity index (χ2n) is 8.74. The summed E-state index contributed by atoms with van der Waals surface area (Å²) in [4.78, 5) is 12.3. The Morgan fingerprint density at radius 3 is 2.36 bits per heavy atom. The fourth-order valence-corrected chi connectivity index (χ4v) is 4.36. The van der Waals surface area contributed by atoms with Crippen LogP contribution < -0.4 is 5.32 Å². The number of carbonyl (C=O) groups is 1. The van der Waals surface area contributed by atoms with E-state index < -0.39 is 0 Å². The number of hydrogen-bond donors (Lipinski definition) is 1. The van der Waals surface area contributed by atoms with Crippen LogP contribution in [0.5, 0.6) is 0 Å². The minimum absolute atomic E-state index is 0.0935. The maximum atomic E-state index is 12.3. The number of amides is 1. The van der Waals surface area contributed by atoms with Gasteiger partial charge in [-0.3, -0.25) is 4.79 Å². The van der Waals surface area contributed by atoms with Crippen molar-refractivity contribution in [3.63, 3.8) is 0 Å². The first-order chi connectivity index (χ1) is 13.3. The molecule has 0 aliphatic heterocycles. The molecule has 1 aromatic heterocycles. The lowest BCUT2D eigenvalue weighted by Crippen LogP contribution is -2.35. The Morgan fingerprint density at radius 1 is 1.11 bits per heavy atom. The third-order valence-electron chi connectivity index (χ3n) is 5.40. The van der Waals surface area contributed by atoms with E-state index in [0.717, 1.165) is 29.4 Å². The van der Waals surface area contributed by atoms with Crippen LogP contribution in [0.25, 0.3) is 11.4 Å². The molecule has 1 heterocycles. The minimum atomic E-state index is 0.0935. The van der Waals surface area contributed by atoms with Crippen molar-refractivity contribution in [2.24, 2.45) is 7.05 Å². The lowest BCUT2D eigenvalue weighted by molar-refractivity contribution is -0.119. The van der Waals surface area contributed by atoms with Crippen LogP contribution in [-0.4, -0.2) is 32.5 Å². The molecule has 1 amide bonds. The summed E-state index contributed by atoms with van der Waals surface area (Å²) in [6.07, 6.45) is 7.24. The molecule has 0 saturated heterocycles. The van der Waals surface area contributed by atoms with Crippen LogP contribution in [0.1, 0.15) is 64.9 Å². The molecule has 1 aliphatic rings. The molecule has 0 unspecified atom stereocenters. The molecule has 0 atom stereocenters. The number of hydrogen-bond acceptors (Lipinski definition) is 4. The zero-order valence-electron chi connectivity index (χ0n) is 17.5. The van der Waals surface area contributed by atoms with Gasteiger partial charge in [0.1, 0.15) is 0 Å². The van der Waals surface area contributed by atoms with Crippen molar-refractivity contribution in [3.8, 4) is 11.4 Å².